The van der Waals surface area contributed by atoms with E-state index >= 15 is 0 Å². The van der Waals surface area contributed by atoms with E-state index in [0.29, 0.717) is 10.6 Å². The molecule has 0 aromatic heterocycles. The maximum atomic E-state index is 13.1. The van der Waals surface area contributed by atoms with Crippen LogP contribution in [0.2, 0.25) is 5.02 Å². The van der Waals surface area contributed by atoms with Gasteiger partial charge in [-0.15, -0.1) is 0 Å². The van der Waals surface area contributed by atoms with Crippen molar-refractivity contribution in [2.75, 3.05) is 6.54 Å². The molecular formula is C17H15BrClNO4S. The van der Waals surface area contributed by atoms with Crippen molar-refractivity contribution >= 4 is 43.3 Å². The number of hydrogen-bond acceptors (Lipinski definition) is 4. The topological polar surface area (TPSA) is 97.5 Å². The molecule has 0 aliphatic heterocycles. The van der Waals surface area contributed by atoms with Gasteiger partial charge in [0.1, 0.15) is 5.41 Å². The SMILES string of the molecule is NC[C@]1(C(=O)O)[C@@H](c2ccc(Br)cc2)[C@@H]1S(=O)(=O)c1ccc(Cl)cc1. The molecule has 0 amide bonds. The van der Waals surface area contributed by atoms with Gasteiger partial charge >= 0.3 is 5.97 Å². The molecule has 0 heterocycles. The summed E-state index contributed by atoms with van der Waals surface area (Å²) in [5.74, 6) is -1.91. The summed E-state index contributed by atoms with van der Waals surface area (Å²) in [6, 6.07) is 12.7. The average molecular weight is 445 g/mol. The summed E-state index contributed by atoms with van der Waals surface area (Å²) in [6.07, 6.45) is 0. The van der Waals surface area contributed by atoms with Gasteiger partial charge in [0.25, 0.3) is 0 Å². The molecule has 25 heavy (non-hydrogen) atoms. The molecule has 3 rings (SSSR count). The summed E-state index contributed by atoms with van der Waals surface area (Å²) in [5, 5.41) is 9.02. The first kappa shape index (κ1) is 18.4. The van der Waals surface area contributed by atoms with Crippen molar-refractivity contribution in [3.05, 3.63) is 63.6 Å². The highest BCUT2D eigenvalue weighted by molar-refractivity contribution is 9.10. The van der Waals surface area contributed by atoms with Gasteiger partial charge in [-0.1, -0.05) is 39.7 Å². The van der Waals surface area contributed by atoms with E-state index in [-0.39, 0.29) is 11.4 Å². The molecule has 5 nitrogen and oxygen atoms in total. The highest BCUT2D eigenvalue weighted by Gasteiger charge is 2.75. The highest BCUT2D eigenvalue weighted by Crippen LogP contribution is 2.63. The predicted octanol–water partition coefficient (Wildman–Crippen LogP) is 3.07. The molecular weight excluding hydrogens is 430 g/mol. The molecule has 3 N–H and O–H groups in total. The fourth-order valence-electron chi connectivity index (χ4n) is 3.36. The van der Waals surface area contributed by atoms with Crippen LogP contribution in [0, 0.1) is 5.41 Å². The largest absolute Gasteiger partial charge is 0.481 e. The minimum absolute atomic E-state index is 0.0422. The lowest BCUT2D eigenvalue weighted by molar-refractivity contribution is -0.143. The van der Waals surface area contributed by atoms with Gasteiger partial charge in [-0.05, 0) is 42.0 Å². The lowest BCUT2D eigenvalue weighted by Crippen LogP contribution is -2.31. The third kappa shape index (κ3) is 2.89. The summed E-state index contributed by atoms with van der Waals surface area (Å²) in [4.78, 5) is 12.0. The number of benzene rings is 2. The van der Waals surface area contributed by atoms with Gasteiger partial charge in [0.05, 0.1) is 10.1 Å². The Labute approximate surface area is 158 Å². The minimum Gasteiger partial charge on any atom is -0.481 e. The van der Waals surface area contributed by atoms with Crippen LogP contribution in [0.3, 0.4) is 0 Å². The van der Waals surface area contributed by atoms with Crippen LogP contribution in [0.15, 0.2) is 57.9 Å². The Morgan fingerprint density at radius 1 is 1.16 bits per heavy atom. The molecule has 8 heteroatoms. The number of halogens is 2. The van der Waals surface area contributed by atoms with Crippen LogP contribution in [0.25, 0.3) is 0 Å². The maximum absolute atomic E-state index is 13.1. The molecule has 1 fully saturated rings. The first-order chi connectivity index (χ1) is 11.7. The van der Waals surface area contributed by atoms with Gasteiger partial charge in [-0.25, -0.2) is 8.42 Å². The van der Waals surface area contributed by atoms with Gasteiger partial charge in [0, 0.05) is 22.0 Å². The number of sulfone groups is 1. The van der Waals surface area contributed by atoms with E-state index in [4.69, 9.17) is 17.3 Å². The molecule has 0 saturated heterocycles. The zero-order valence-corrected chi connectivity index (χ0v) is 16.1. The number of carboxylic acid groups (broad SMARTS) is 1. The van der Waals surface area contributed by atoms with Crippen LogP contribution in [0.1, 0.15) is 11.5 Å². The molecule has 1 aliphatic rings. The first-order valence-corrected chi connectivity index (χ1v) is 10.2. The maximum Gasteiger partial charge on any atom is 0.312 e. The predicted molar refractivity (Wildman–Crippen MR) is 98.4 cm³/mol. The first-order valence-electron chi connectivity index (χ1n) is 7.43. The fourth-order valence-corrected chi connectivity index (χ4v) is 6.14. The standard InChI is InChI=1S/C17H15BrClNO4S/c18-11-3-1-10(2-4-11)14-15(17(14,9-20)16(21)22)25(23,24)13-7-5-12(19)6-8-13/h1-8,14-15H,9,20H2,(H,21,22)/t14-,15-,17-/m0/s1. The molecule has 0 radical (unpaired) electrons. The van der Waals surface area contributed by atoms with E-state index in [2.05, 4.69) is 15.9 Å². The Morgan fingerprint density at radius 2 is 1.72 bits per heavy atom. The van der Waals surface area contributed by atoms with E-state index in [1.807, 2.05) is 0 Å². The Morgan fingerprint density at radius 3 is 2.20 bits per heavy atom. The number of rotatable bonds is 5. The number of hydrogen-bond donors (Lipinski definition) is 2. The third-order valence-electron chi connectivity index (χ3n) is 4.70. The molecule has 1 saturated carbocycles. The van der Waals surface area contributed by atoms with Crippen molar-refractivity contribution in [2.24, 2.45) is 11.1 Å². The Balaban J connectivity index is 2.10. The molecule has 132 valence electrons. The molecule has 0 bridgehead atoms. The summed E-state index contributed by atoms with van der Waals surface area (Å²) in [7, 11) is -3.89. The normalized spacial score (nSPS) is 25.6. The number of nitrogens with two attached hydrogens (primary N) is 1. The van der Waals surface area contributed by atoms with Crippen molar-refractivity contribution in [3.63, 3.8) is 0 Å². The molecule has 1 aliphatic carbocycles. The number of carbonyl (C=O) groups is 1. The van der Waals surface area contributed by atoms with Crippen LogP contribution in [-0.4, -0.2) is 31.3 Å². The van der Waals surface area contributed by atoms with Crippen molar-refractivity contribution < 1.29 is 18.3 Å². The summed E-state index contributed by atoms with van der Waals surface area (Å²) < 4.78 is 27.0. The molecule has 2 aromatic carbocycles. The van der Waals surface area contributed by atoms with Crippen molar-refractivity contribution in [2.45, 2.75) is 16.1 Å². The van der Waals surface area contributed by atoms with E-state index in [9.17, 15) is 18.3 Å². The van der Waals surface area contributed by atoms with E-state index in [1.54, 1.807) is 24.3 Å². The summed E-state index contributed by atoms with van der Waals surface area (Å²) in [5.41, 5.74) is 4.84. The highest BCUT2D eigenvalue weighted by atomic mass is 79.9. The van der Waals surface area contributed by atoms with E-state index in [1.165, 1.54) is 24.3 Å². The van der Waals surface area contributed by atoms with E-state index < -0.39 is 32.4 Å². The quantitative estimate of drug-likeness (QED) is 0.738. The van der Waals surface area contributed by atoms with Crippen LogP contribution in [0.5, 0.6) is 0 Å². The number of carboxylic acids is 1. The average Bonchev–Trinajstić information content (AvgIpc) is 3.27. The monoisotopic (exact) mass is 443 g/mol. The van der Waals surface area contributed by atoms with Gasteiger partial charge in [0.15, 0.2) is 9.84 Å². The lowest BCUT2D eigenvalue weighted by Gasteiger charge is -2.10. The molecule has 0 unspecified atom stereocenters. The molecule has 2 aromatic rings. The third-order valence-corrected chi connectivity index (χ3v) is 7.77. The van der Waals surface area contributed by atoms with Crippen molar-refractivity contribution in [3.8, 4) is 0 Å². The van der Waals surface area contributed by atoms with Crippen molar-refractivity contribution in [1.82, 2.24) is 0 Å². The molecule has 0 spiro atoms. The van der Waals surface area contributed by atoms with E-state index in [0.717, 1.165) is 4.47 Å². The van der Waals surface area contributed by atoms with Crippen LogP contribution >= 0.6 is 27.5 Å². The zero-order valence-electron chi connectivity index (χ0n) is 12.9. The number of aliphatic carboxylic acids is 1. The fraction of sp³-hybridized carbons (Fsp3) is 0.235. The van der Waals surface area contributed by atoms with Crippen LogP contribution in [-0.2, 0) is 14.6 Å². The second-order valence-electron chi connectivity index (χ2n) is 6.00. The Hall–Kier alpha value is -1.41. The Kier molecular flexibility index (Phi) is 4.70. The van der Waals surface area contributed by atoms with Crippen molar-refractivity contribution in [1.29, 1.82) is 0 Å². The van der Waals surface area contributed by atoms with Crippen LogP contribution in [0.4, 0.5) is 0 Å². The minimum atomic E-state index is -3.89. The van der Waals surface area contributed by atoms with Gasteiger partial charge in [-0.3, -0.25) is 4.79 Å². The summed E-state index contributed by atoms with van der Waals surface area (Å²) >= 11 is 9.13. The molecule has 3 atom stereocenters. The smallest absolute Gasteiger partial charge is 0.312 e. The lowest BCUT2D eigenvalue weighted by atomic mass is 9.99. The Bertz CT molecular complexity index is 915. The second-order valence-corrected chi connectivity index (χ2v) is 9.42. The van der Waals surface area contributed by atoms with Gasteiger partial charge in [-0.2, -0.15) is 0 Å². The zero-order chi connectivity index (χ0) is 18.4. The van der Waals surface area contributed by atoms with Gasteiger partial charge < -0.3 is 10.8 Å². The summed E-state index contributed by atoms with van der Waals surface area (Å²) in [6.45, 7) is -0.263. The second kappa shape index (κ2) is 6.39. The van der Waals surface area contributed by atoms with Gasteiger partial charge in [0.2, 0.25) is 0 Å². The van der Waals surface area contributed by atoms with Crippen LogP contribution < -0.4 is 5.73 Å².